The van der Waals surface area contributed by atoms with Gasteiger partial charge in [0.25, 0.3) is 5.91 Å². The summed E-state index contributed by atoms with van der Waals surface area (Å²) in [5, 5.41) is 3.73. The predicted molar refractivity (Wildman–Crippen MR) is 55.1 cm³/mol. The fourth-order valence-electron chi connectivity index (χ4n) is 1.32. The molecule has 0 atom stereocenters. The summed E-state index contributed by atoms with van der Waals surface area (Å²) in [6.45, 7) is 0. The maximum atomic E-state index is 11.9. The van der Waals surface area contributed by atoms with E-state index in [1.807, 2.05) is 0 Å². The molecule has 0 aliphatic rings. The minimum atomic E-state index is -4.74. The van der Waals surface area contributed by atoms with E-state index in [2.05, 4.69) is 9.84 Å². The molecule has 2 rings (SSSR count). The Balaban J connectivity index is 2.15. The number of alkyl halides is 3. The number of carbonyl (C=O) groups is 1. The molecule has 4 nitrogen and oxygen atoms in total. The van der Waals surface area contributed by atoms with Gasteiger partial charge >= 0.3 is 6.36 Å². The zero-order valence-electron chi connectivity index (χ0n) is 8.89. The summed E-state index contributed by atoms with van der Waals surface area (Å²) in [6, 6.07) is 6.20. The normalized spacial score (nSPS) is 11.3. The summed E-state index contributed by atoms with van der Waals surface area (Å²) in [6.07, 6.45) is -1.87. The van der Waals surface area contributed by atoms with Gasteiger partial charge in [-0.2, -0.15) is 5.10 Å². The first-order valence-electron chi connectivity index (χ1n) is 4.86. The maximum Gasteiger partial charge on any atom is 0.573 e. The minimum absolute atomic E-state index is 0.216. The molecule has 94 valence electrons. The second-order valence-corrected chi connectivity index (χ2v) is 3.33. The van der Waals surface area contributed by atoms with Crippen molar-refractivity contribution in [1.29, 1.82) is 0 Å². The van der Waals surface area contributed by atoms with Gasteiger partial charge < -0.3 is 4.74 Å². The molecule has 0 bridgehead atoms. The first-order chi connectivity index (χ1) is 8.46. The second kappa shape index (κ2) is 4.52. The summed E-state index contributed by atoms with van der Waals surface area (Å²) < 4.78 is 40.5. The summed E-state index contributed by atoms with van der Waals surface area (Å²) in [5.41, 5.74) is 0.216. The molecule has 0 aliphatic heterocycles. The lowest BCUT2D eigenvalue weighted by molar-refractivity contribution is -0.274. The second-order valence-electron chi connectivity index (χ2n) is 3.33. The smallest absolute Gasteiger partial charge is 0.406 e. The van der Waals surface area contributed by atoms with E-state index in [1.54, 1.807) is 6.07 Å². The number of rotatable bonds is 2. The highest BCUT2D eigenvalue weighted by Crippen LogP contribution is 2.22. The molecule has 0 aliphatic carbocycles. The lowest BCUT2D eigenvalue weighted by atomic mass is 10.2. The van der Waals surface area contributed by atoms with Crippen LogP contribution in [0, 0.1) is 0 Å². The van der Waals surface area contributed by atoms with E-state index in [0.717, 1.165) is 16.8 Å². The van der Waals surface area contributed by atoms with Gasteiger partial charge in [-0.25, -0.2) is 4.68 Å². The number of carbonyl (C=O) groups excluding carboxylic acids is 1. The largest absolute Gasteiger partial charge is 0.573 e. The van der Waals surface area contributed by atoms with Crippen LogP contribution in [0.1, 0.15) is 10.4 Å². The van der Waals surface area contributed by atoms with Crippen molar-refractivity contribution in [3.8, 4) is 5.75 Å². The van der Waals surface area contributed by atoms with Crippen molar-refractivity contribution >= 4 is 5.91 Å². The molecule has 1 heterocycles. The van der Waals surface area contributed by atoms with Crippen molar-refractivity contribution in [2.75, 3.05) is 0 Å². The average molecular weight is 256 g/mol. The molecule has 0 saturated heterocycles. The lowest BCUT2D eigenvalue weighted by Gasteiger charge is -2.08. The number of ether oxygens (including phenoxy) is 1. The highest BCUT2D eigenvalue weighted by atomic mass is 19.4. The monoisotopic (exact) mass is 256 g/mol. The Morgan fingerprint density at radius 3 is 2.39 bits per heavy atom. The van der Waals surface area contributed by atoms with Crippen molar-refractivity contribution < 1.29 is 22.7 Å². The van der Waals surface area contributed by atoms with Crippen LogP contribution in [0.5, 0.6) is 5.75 Å². The molecule has 0 unspecified atom stereocenters. The van der Waals surface area contributed by atoms with Gasteiger partial charge in [-0.05, 0) is 30.3 Å². The summed E-state index contributed by atoms with van der Waals surface area (Å²) in [7, 11) is 0. The van der Waals surface area contributed by atoms with Crippen LogP contribution in [-0.2, 0) is 0 Å². The van der Waals surface area contributed by atoms with Gasteiger partial charge in [-0.1, -0.05) is 0 Å². The number of aromatic nitrogens is 2. The van der Waals surface area contributed by atoms with Crippen molar-refractivity contribution in [2.45, 2.75) is 6.36 Å². The molecule has 7 heteroatoms. The van der Waals surface area contributed by atoms with Crippen LogP contribution in [0.2, 0.25) is 0 Å². The Hall–Kier alpha value is -2.31. The highest BCUT2D eigenvalue weighted by molar-refractivity contribution is 5.95. The number of nitrogens with zero attached hydrogens (tertiary/aromatic N) is 2. The Morgan fingerprint density at radius 2 is 1.89 bits per heavy atom. The molecule has 0 fully saturated rings. The molecule has 2 aromatic rings. The zero-order valence-corrected chi connectivity index (χ0v) is 8.89. The van der Waals surface area contributed by atoms with Gasteiger partial charge in [0.2, 0.25) is 0 Å². The summed E-state index contributed by atoms with van der Waals surface area (Å²) in [5.74, 6) is -0.807. The quantitative estimate of drug-likeness (QED) is 0.829. The fraction of sp³-hybridized carbons (Fsp3) is 0.0909. The van der Waals surface area contributed by atoms with Crippen LogP contribution in [0.4, 0.5) is 13.2 Å². The molecule has 0 amide bonds. The van der Waals surface area contributed by atoms with Crippen molar-refractivity contribution in [1.82, 2.24) is 9.78 Å². The standard InChI is InChI=1S/C11H7F3N2O2/c12-11(13,14)18-9-4-2-8(3-5-9)10(17)16-7-1-6-15-16/h1-7H. The van der Waals surface area contributed by atoms with Gasteiger partial charge in [0.15, 0.2) is 0 Å². The average Bonchev–Trinajstić information content (AvgIpc) is 2.80. The number of benzene rings is 1. The Kier molecular flexibility index (Phi) is 3.05. The summed E-state index contributed by atoms with van der Waals surface area (Å²) in [4.78, 5) is 11.7. The zero-order chi connectivity index (χ0) is 13.2. The van der Waals surface area contributed by atoms with Crippen LogP contribution in [-0.4, -0.2) is 22.1 Å². The van der Waals surface area contributed by atoms with E-state index in [9.17, 15) is 18.0 Å². The van der Waals surface area contributed by atoms with E-state index >= 15 is 0 Å². The van der Waals surface area contributed by atoms with Gasteiger partial charge in [0.1, 0.15) is 5.75 Å². The van der Waals surface area contributed by atoms with Crippen LogP contribution < -0.4 is 4.74 Å². The topological polar surface area (TPSA) is 44.1 Å². The van der Waals surface area contributed by atoms with Gasteiger partial charge in [-0.3, -0.25) is 4.79 Å². The third kappa shape index (κ3) is 2.88. The maximum absolute atomic E-state index is 11.9. The molecule has 0 radical (unpaired) electrons. The first-order valence-corrected chi connectivity index (χ1v) is 4.86. The van der Waals surface area contributed by atoms with Crippen LogP contribution >= 0.6 is 0 Å². The highest BCUT2D eigenvalue weighted by Gasteiger charge is 2.31. The molecular weight excluding hydrogens is 249 g/mol. The number of halogens is 3. The van der Waals surface area contributed by atoms with Crippen LogP contribution in [0.3, 0.4) is 0 Å². The van der Waals surface area contributed by atoms with Crippen LogP contribution in [0.25, 0.3) is 0 Å². The Morgan fingerprint density at radius 1 is 1.22 bits per heavy atom. The molecule has 0 N–H and O–H groups in total. The molecule has 0 spiro atoms. The predicted octanol–water partition coefficient (Wildman–Crippen LogP) is 2.47. The van der Waals surface area contributed by atoms with E-state index in [1.165, 1.54) is 24.5 Å². The first kappa shape index (κ1) is 12.2. The fourth-order valence-corrected chi connectivity index (χ4v) is 1.32. The molecule has 1 aromatic heterocycles. The van der Waals surface area contributed by atoms with Gasteiger partial charge in [0.05, 0.1) is 0 Å². The van der Waals surface area contributed by atoms with Crippen molar-refractivity contribution in [3.63, 3.8) is 0 Å². The summed E-state index contributed by atoms with van der Waals surface area (Å²) >= 11 is 0. The number of hydrogen-bond donors (Lipinski definition) is 0. The lowest BCUT2D eigenvalue weighted by Crippen LogP contribution is -2.17. The van der Waals surface area contributed by atoms with E-state index < -0.39 is 12.3 Å². The molecular formula is C11H7F3N2O2. The number of hydrogen-bond acceptors (Lipinski definition) is 3. The third-order valence-electron chi connectivity index (χ3n) is 2.05. The molecule has 18 heavy (non-hydrogen) atoms. The van der Waals surface area contributed by atoms with Crippen LogP contribution in [0.15, 0.2) is 42.7 Å². The van der Waals surface area contributed by atoms with Gasteiger partial charge in [-0.15, -0.1) is 13.2 Å². The molecule has 0 saturated carbocycles. The van der Waals surface area contributed by atoms with E-state index in [4.69, 9.17) is 0 Å². The Bertz CT molecular complexity index is 532. The SMILES string of the molecule is O=C(c1ccc(OC(F)(F)F)cc1)n1cccn1. The van der Waals surface area contributed by atoms with E-state index in [0.29, 0.717) is 0 Å². The molecule has 1 aromatic carbocycles. The van der Waals surface area contributed by atoms with E-state index in [-0.39, 0.29) is 11.3 Å². The minimum Gasteiger partial charge on any atom is -0.406 e. The Labute approximate surface area is 99.6 Å². The van der Waals surface area contributed by atoms with Crippen molar-refractivity contribution in [2.24, 2.45) is 0 Å². The third-order valence-corrected chi connectivity index (χ3v) is 2.05. The van der Waals surface area contributed by atoms with Gasteiger partial charge in [0, 0.05) is 18.0 Å². The van der Waals surface area contributed by atoms with Crippen molar-refractivity contribution in [3.05, 3.63) is 48.3 Å².